The minimum Gasteiger partial charge on any atom is -0.477 e. The highest BCUT2D eigenvalue weighted by molar-refractivity contribution is 5.34. The van der Waals surface area contributed by atoms with E-state index in [9.17, 15) is 0 Å². The quantitative estimate of drug-likeness (QED) is 0.815. The minimum absolute atomic E-state index is 0.683. The van der Waals surface area contributed by atoms with Crippen molar-refractivity contribution in [2.75, 3.05) is 6.61 Å². The lowest BCUT2D eigenvalue weighted by molar-refractivity contribution is 0.303. The Balaban J connectivity index is 0.000000771. The first-order valence-corrected chi connectivity index (χ1v) is 6.55. The van der Waals surface area contributed by atoms with Gasteiger partial charge < -0.3 is 4.74 Å². The number of rotatable bonds is 4. The molecule has 1 aromatic carbocycles. The van der Waals surface area contributed by atoms with Crippen LogP contribution in [0, 0.1) is 6.92 Å². The van der Waals surface area contributed by atoms with Crippen molar-refractivity contribution >= 4 is 0 Å². The molecule has 1 aromatic heterocycles. The smallest absolute Gasteiger partial charge is 0.233 e. The summed E-state index contributed by atoms with van der Waals surface area (Å²) in [4.78, 5) is 0. The maximum absolute atomic E-state index is 5.45. The van der Waals surface area contributed by atoms with Gasteiger partial charge in [-0.05, 0) is 25.5 Å². The molecule has 0 amide bonds. The lowest BCUT2D eigenvalue weighted by Crippen LogP contribution is -1.98. The van der Waals surface area contributed by atoms with Crippen LogP contribution >= 0.6 is 0 Å². The molecule has 0 radical (unpaired) electrons. The van der Waals surface area contributed by atoms with Gasteiger partial charge in [-0.1, -0.05) is 38.5 Å². The molecule has 1 heterocycles. The number of aromatic nitrogens is 2. The van der Waals surface area contributed by atoms with Crippen LogP contribution in [-0.4, -0.2) is 16.4 Å². The molecule has 0 aliphatic rings. The molecular weight excluding hydrogens is 224 g/mol. The molecule has 0 N–H and O–H groups in total. The van der Waals surface area contributed by atoms with Gasteiger partial charge in [0.1, 0.15) is 0 Å². The molecular formula is C15H22N2O. The van der Waals surface area contributed by atoms with Crippen molar-refractivity contribution in [3.05, 3.63) is 42.1 Å². The first-order valence-electron chi connectivity index (χ1n) is 6.55. The summed E-state index contributed by atoms with van der Waals surface area (Å²) < 4.78 is 7.27. The Kier molecular flexibility index (Phi) is 5.98. The molecule has 0 spiro atoms. The number of nitrogens with zero attached hydrogens (tertiary/aromatic N) is 2. The Bertz CT molecular complexity index is 446. The maximum Gasteiger partial charge on any atom is 0.233 e. The van der Waals surface area contributed by atoms with E-state index in [0.29, 0.717) is 12.5 Å². The monoisotopic (exact) mass is 246 g/mol. The zero-order chi connectivity index (χ0) is 13.4. The van der Waals surface area contributed by atoms with Crippen LogP contribution in [0.15, 0.2) is 36.5 Å². The van der Waals surface area contributed by atoms with E-state index in [-0.39, 0.29) is 0 Å². The normalized spacial score (nSPS) is 9.56. The molecule has 0 saturated carbocycles. The van der Waals surface area contributed by atoms with E-state index in [1.807, 2.05) is 42.9 Å². The van der Waals surface area contributed by atoms with E-state index in [2.05, 4.69) is 31.1 Å². The van der Waals surface area contributed by atoms with Crippen LogP contribution < -0.4 is 4.74 Å². The average Bonchev–Trinajstić information content (AvgIpc) is 2.88. The Morgan fingerprint density at radius 1 is 1.11 bits per heavy atom. The van der Waals surface area contributed by atoms with Crippen molar-refractivity contribution in [3.8, 4) is 11.6 Å². The van der Waals surface area contributed by atoms with Crippen LogP contribution in [0.3, 0.4) is 0 Å². The minimum atomic E-state index is 0.683. The van der Waals surface area contributed by atoms with E-state index in [1.165, 1.54) is 5.56 Å². The highest BCUT2D eigenvalue weighted by atomic mass is 16.5. The second-order valence-corrected chi connectivity index (χ2v) is 3.78. The van der Waals surface area contributed by atoms with Gasteiger partial charge in [0.05, 0.1) is 12.3 Å². The van der Waals surface area contributed by atoms with Crippen molar-refractivity contribution in [1.82, 2.24) is 9.78 Å². The molecule has 0 unspecified atom stereocenters. The Morgan fingerprint density at radius 3 is 2.39 bits per heavy atom. The number of aryl methyl sites for hydroxylation is 1. The van der Waals surface area contributed by atoms with Crippen molar-refractivity contribution in [1.29, 1.82) is 0 Å². The molecule has 0 aliphatic carbocycles. The predicted molar refractivity (Wildman–Crippen MR) is 75.4 cm³/mol. The summed E-state index contributed by atoms with van der Waals surface area (Å²) >= 11 is 0. The van der Waals surface area contributed by atoms with Gasteiger partial charge in [0.25, 0.3) is 0 Å². The summed E-state index contributed by atoms with van der Waals surface area (Å²) in [5.74, 6) is 0.683. The molecule has 2 rings (SSSR count). The zero-order valence-corrected chi connectivity index (χ0v) is 11.7. The average molecular weight is 246 g/mol. The fraction of sp³-hybridized carbons (Fsp3) is 0.400. The standard InChI is InChI=1S/C13H16N2O.C2H6/c1-3-10-16-13-8-9-15(14-13)12-6-4-11(2)5-7-12;1-2/h4-9H,3,10H2,1-2H3;1-2H3. The molecule has 3 heteroatoms. The third-order valence-electron chi connectivity index (χ3n) is 2.32. The van der Waals surface area contributed by atoms with Crippen LogP contribution in [0.2, 0.25) is 0 Å². The number of hydrogen-bond donors (Lipinski definition) is 0. The highest BCUT2D eigenvalue weighted by Gasteiger charge is 2.00. The predicted octanol–water partition coefficient (Wildman–Crippen LogP) is 4.00. The second kappa shape index (κ2) is 7.54. The summed E-state index contributed by atoms with van der Waals surface area (Å²) in [7, 11) is 0. The third-order valence-corrected chi connectivity index (χ3v) is 2.32. The van der Waals surface area contributed by atoms with E-state index in [1.54, 1.807) is 0 Å². The molecule has 0 atom stereocenters. The van der Waals surface area contributed by atoms with Gasteiger partial charge in [-0.25, -0.2) is 4.68 Å². The number of hydrogen-bond acceptors (Lipinski definition) is 2. The molecule has 0 saturated heterocycles. The lowest BCUT2D eigenvalue weighted by atomic mass is 10.2. The SMILES string of the molecule is CC.CCCOc1ccn(-c2ccc(C)cc2)n1. The molecule has 18 heavy (non-hydrogen) atoms. The van der Waals surface area contributed by atoms with Gasteiger partial charge in [0, 0.05) is 12.3 Å². The zero-order valence-electron chi connectivity index (χ0n) is 11.7. The summed E-state index contributed by atoms with van der Waals surface area (Å²) in [6.45, 7) is 8.87. The van der Waals surface area contributed by atoms with Gasteiger partial charge in [0.15, 0.2) is 0 Å². The van der Waals surface area contributed by atoms with Crippen LogP contribution in [0.4, 0.5) is 0 Å². The first-order chi connectivity index (χ1) is 8.79. The van der Waals surface area contributed by atoms with E-state index < -0.39 is 0 Å². The van der Waals surface area contributed by atoms with Crippen molar-refractivity contribution in [2.45, 2.75) is 34.1 Å². The van der Waals surface area contributed by atoms with Gasteiger partial charge >= 0.3 is 0 Å². The topological polar surface area (TPSA) is 27.1 Å². The van der Waals surface area contributed by atoms with Crippen molar-refractivity contribution < 1.29 is 4.74 Å². The maximum atomic E-state index is 5.45. The molecule has 0 bridgehead atoms. The van der Waals surface area contributed by atoms with Gasteiger partial charge in [-0.15, -0.1) is 5.10 Å². The van der Waals surface area contributed by atoms with Gasteiger partial charge in [-0.3, -0.25) is 0 Å². The fourth-order valence-corrected chi connectivity index (χ4v) is 1.43. The van der Waals surface area contributed by atoms with Crippen LogP contribution in [-0.2, 0) is 0 Å². The number of benzene rings is 1. The van der Waals surface area contributed by atoms with E-state index >= 15 is 0 Å². The summed E-state index contributed by atoms with van der Waals surface area (Å²) in [5.41, 5.74) is 2.30. The van der Waals surface area contributed by atoms with Gasteiger partial charge in [0.2, 0.25) is 5.88 Å². The Morgan fingerprint density at radius 2 is 1.78 bits per heavy atom. The molecule has 98 valence electrons. The molecule has 2 aromatic rings. The van der Waals surface area contributed by atoms with E-state index in [0.717, 1.165) is 12.1 Å². The second-order valence-electron chi connectivity index (χ2n) is 3.78. The van der Waals surface area contributed by atoms with E-state index in [4.69, 9.17) is 4.74 Å². The number of ether oxygens (including phenoxy) is 1. The first kappa shape index (κ1) is 14.3. The Hall–Kier alpha value is -1.77. The fourth-order valence-electron chi connectivity index (χ4n) is 1.43. The summed E-state index contributed by atoms with van der Waals surface area (Å²) in [5, 5.41) is 4.34. The van der Waals surface area contributed by atoms with Crippen LogP contribution in [0.1, 0.15) is 32.8 Å². The lowest BCUT2D eigenvalue weighted by Gasteiger charge is -2.02. The summed E-state index contributed by atoms with van der Waals surface area (Å²) in [6.07, 6.45) is 2.91. The van der Waals surface area contributed by atoms with Gasteiger partial charge in [-0.2, -0.15) is 0 Å². The van der Waals surface area contributed by atoms with Crippen molar-refractivity contribution in [3.63, 3.8) is 0 Å². The molecule has 0 fully saturated rings. The molecule has 0 aliphatic heterocycles. The Labute approximate surface area is 109 Å². The third kappa shape index (κ3) is 3.91. The largest absolute Gasteiger partial charge is 0.477 e. The summed E-state index contributed by atoms with van der Waals surface area (Å²) in [6, 6.07) is 10.1. The highest BCUT2D eigenvalue weighted by Crippen LogP contribution is 2.12. The van der Waals surface area contributed by atoms with Crippen LogP contribution in [0.25, 0.3) is 5.69 Å². The molecule has 3 nitrogen and oxygen atoms in total. The van der Waals surface area contributed by atoms with Crippen LogP contribution in [0.5, 0.6) is 5.88 Å². The van der Waals surface area contributed by atoms with Crippen molar-refractivity contribution in [2.24, 2.45) is 0 Å².